The Morgan fingerprint density at radius 2 is 1.20 bits per heavy atom. The highest BCUT2D eigenvalue weighted by atomic mass is 15.1. The van der Waals surface area contributed by atoms with Gasteiger partial charge in [0.15, 0.2) is 0 Å². The smallest absolute Gasteiger partial charge is 0.115 e. The molecular weight excluding hydrogens is 66.0 g/mol. The molecule has 3 heteroatoms. The molecule has 0 atom stereocenters. The molecule has 0 unspecified atom stereocenters. The molecule has 0 saturated heterocycles. The summed E-state index contributed by atoms with van der Waals surface area (Å²) in [7, 11) is 0. The fourth-order valence-corrected chi connectivity index (χ4v) is 0. The van der Waals surface area contributed by atoms with Gasteiger partial charge in [-0.3, -0.25) is 0 Å². The first-order chi connectivity index (χ1) is 2.00. The monoisotopic (exact) mass is 74.1 g/mol. The van der Waals surface area contributed by atoms with Gasteiger partial charge in [0.2, 0.25) is 0 Å². The lowest BCUT2D eigenvalue weighted by Crippen LogP contribution is -2.55. The molecule has 0 rings (SSSR count). The van der Waals surface area contributed by atoms with Gasteiger partial charge >= 0.3 is 0 Å². The van der Waals surface area contributed by atoms with Crippen LogP contribution >= 0.6 is 0 Å². The van der Waals surface area contributed by atoms with Crippen molar-refractivity contribution in [2.45, 2.75) is 5.79 Å². The van der Waals surface area contributed by atoms with Crippen molar-refractivity contribution in [2.75, 3.05) is 0 Å². The maximum Gasteiger partial charge on any atom is 0.115 e. The minimum Gasteiger partial charge on any atom is -0.301 e. The largest absolute Gasteiger partial charge is 0.301 e. The van der Waals surface area contributed by atoms with Crippen LogP contribution in [0.5, 0.6) is 0 Å². The Morgan fingerprint density at radius 3 is 1.20 bits per heavy atom. The first-order valence-electron chi connectivity index (χ1n) is 1.22. The van der Waals surface area contributed by atoms with Crippen molar-refractivity contribution in [3.05, 3.63) is 6.92 Å². The van der Waals surface area contributed by atoms with E-state index in [2.05, 4.69) is 6.92 Å². The van der Waals surface area contributed by atoms with Crippen LogP contribution in [0.4, 0.5) is 0 Å². The lowest BCUT2D eigenvalue weighted by Gasteiger charge is -2.07. The first-order valence-corrected chi connectivity index (χ1v) is 1.22. The van der Waals surface area contributed by atoms with Crippen LogP contribution in [0.1, 0.15) is 0 Å². The third-order valence-electron chi connectivity index (χ3n) is 0. The molecule has 1 radical (unpaired) electrons. The molecule has 0 heterocycles. The van der Waals surface area contributed by atoms with Crippen molar-refractivity contribution in [2.24, 2.45) is 17.2 Å². The molecule has 0 amide bonds. The molecule has 0 fully saturated rings. The molecule has 5 heavy (non-hydrogen) atoms. The molecule has 0 aliphatic carbocycles. The van der Waals surface area contributed by atoms with E-state index in [-0.39, 0.29) is 0 Å². The van der Waals surface area contributed by atoms with E-state index in [0.717, 1.165) is 0 Å². The zero-order chi connectivity index (χ0) is 4.50. The summed E-state index contributed by atoms with van der Waals surface area (Å²) in [6, 6.07) is 0. The summed E-state index contributed by atoms with van der Waals surface area (Å²) in [6.45, 7) is 3.10. The lowest BCUT2D eigenvalue weighted by molar-refractivity contribution is 0.578. The molecule has 6 N–H and O–H groups in total. The SMILES string of the molecule is [CH2]C(N)(N)N. The van der Waals surface area contributed by atoms with Gasteiger partial charge in [-0.1, -0.05) is 0 Å². The normalized spacial score (nSPS) is 12.0. The molecule has 0 aromatic rings. The van der Waals surface area contributed by atoms with Gasteiger partial charge in [0.25, 0.3) is 0 Å². The molecule has 0 spiro atoms. The minimum absolute atomic E-state index is 1.25. The van der Waals surface area contributed by atoms with Crippen LogP contribution < -0.4 is 17.2 Å². The molecule has 0 aliphatic rings. The summed E-state index contributed by atoms with van der Waals surface area (Å²) < 4.78 is 0. The quantitative estimate of drug-likeness (QED) is 0.301. The molecular formula is C2H8N3. The average Bonchev–Trinajstić information content (AvgIpc) is 0.722. The Labute approximate surface area is 31.1 Å². The van der Waals surface area contributed by atoms with Gasteiger partial charge < -0.3 is 17.2 Å². The summed E-state index contributed by atoms with van der Waals surface area (Å²) in [5.74, 6) is -1.25. The van der Waals surface area contributed by atoms with Crippen molar-refractivity contribution in [3.8, 4) is 0 Å². The Bertz CT molecular complexity index is 20.4. The maximum atomic E-state index is 4.80. The van der Waals surface area contributed by atoms with E-state index in [9.17, 15) is 0 Å². The summed E-state index contributed by atoms with van der Waals surface area (Å²) in [4.78, 5) is 0. The molecule has 3 nitrogen and oxygen atoms in total. The standard InChI is InChI=1S/C2H8N3/c1-2(3,4)5/h1,3-5H2. The second-order valence-corrected chi connectivity index (χ2v) is 1.11. The average molecular weight is 74.1 g/mol. The fraction of sp³-hybridized carbons (Fsp3) is 0.500. The Kier molecular flexibility index (Phi) is 0.908. The van der Waals surface area contributed by atoms with Crippen LogP contribution in [-0.2, 0) is 0 Å². The highest BCUT2D eigenvalue weighted by Crippen LogP contribution is 1.60. The van der Waals surface area contributed by atoms with E-state index in [0.29, 0.717) is 0 Å². The second kappa shape index (κ2) is 0.931. The number of rotatable bonds is 0. The van der Waals surface area contributed by atoms with Crippen LogP contribution in [0.2, 0.25) is 0 Å². The number of hydrogen-bond acceptors (Lipinski definition) is 3. The molecule has 0 bridgehead atoms. The van der Waals surface area contributed by atoms with E-state index >= 15 is 0 Å². The maximum absolute atomic E-state index is 4.80. The van der Waals surface area contributed by atoms with E-state index in [1.807, 2.05) is 0 Å². The van der Waals surface area contributed by atoms with Crippen LogP contribution in [-0.4, -0.2) is 5.79 Å². The third-order valence-corrected chi connectivity index (χ3v) is 0. The lowest BCUT2D eigenvalue weighted by atomic mass is 10.5. The second-order valence-electron chi connectivity index (χ2n) is 1.11. The van der Waals surface area contributed by atoms with Crippen molar-refractivity contribution in [1.29, 1.82) is 0 Å². The van der Waals surface area contributed by atoms with Gasteiger partial charge in [0.05, 0.1) is 0 Å². The van der Waals surface area contributed by atoms with Gasteiger partial charge in [-0.2, -0.15) is 0 Å². The van der Waals surface area contributed by atoms with E-state index in [1.165, 1.54) is 0 Å². The van der Waals surface area contributed by atoms with Crippen LogP contribution in [0.15, 0.2) is 0 Å². The molecule has 31 valence electrons. The van der Waals surface area contributed by atoms with Gasteiger partial charge in [0.1, 0.15) is 5.79 Å². The summed E-state index contributed by atoms with van der Waals surface area (Å²) in [5.41, 5.74) is 14.4. The zero-order valence-electron chi connectivity index (χ0n) is 2.94. The van der Waals surface area contributed by atoms with Crippen LogP contribution in [0.25, 0.3) is 0 Å². The Balaban J connectivity index is 3.02. The molecule has 0 aromatic carbocycles. The fourth-order valence-electron chi connectivity index (χ4n) is 0. The predicted molar refractivity (Wildman–Crippen MR) is 20.7 cm³/mol. The van der Waals surface area contributed by atoms with Crippen molar-refractivity contribution < 1.29 is 0 Å². The topological polar surface area (TPSA) is 78.1 Å². The van der Waals surface area contributed by atoms with E-state index < -0.39 is 5.79 Å². The van der Waals surface area contributed by atoms with Gasteiger partial charge in [0, 0.05) is 0 Å². The third kappa shape index (κ3) is 952. The summed E-state index contributed by atoms with van der Waals surface area (Å²) >= 11 is 0. The highest BCUT2D eigenvalue weighted by Gasteiger charge is 1.96. The molecule has 0 saturated carbocycles. The Morgan fingerprint density at radius 1 is 1.20 bits per heavy atom. The summed E-state index contributed by atoms with van der Waals surface area (Å²) in [5, 5.41) is 0. The highest BCUT2D eigenvalue weighted by molar-refractivity contribution is 4.68. The van der Waals surface area contributed by atoms with Crippen molar-refractivity contribution in [1.82, 2.24) is 0 Å². The van der Waals surface area contributed by atoms with Gasteiger partial charge in [-0.05, 0) is 6.92 Å². The summed E-state index contributed by atoms with van der Waals surface area (Å²) in [6.07, 6.45) is 0. The van der Waals surface area contributed by atoms with E-state index in [4.69, 9.17) is 17.2 Å². The number of nitrogens with two attached hydrogens (primary N) is 3. The van der Waals surface area contributed by atoms with Gasteiger partial charge in [-0.15, -0.1) is 0 Å². The van der Waals surface area contributed by atoms with Crippen LogP contribution in [0, 0.1) is 6.92 Å². The number of hydrogen-bond donors (Lipinski definition) is 3. The van der Waals surface area contributed by atoms with Gasteiger partial charge in [-0.25, -0.2) is 0 Å². The first kappa shape index (κ1) is 4.88. The van der Waals surface area contributed by atoms with Crippen LogP contribution in [0.3, 0.4) is 0 Å². The molecule has 0 aromatic heterocycles. The Hall–Kier alpha value is -0.120. The van der Waals surface area contributed by atoms with E-state index in [1.54, 1.807) is 0 Å². The van der Waals surface area contributed by atoms with Crippen molar-refractivity contribution in [3.63, 3.8) is 0 Å². The zero-order valence-corrected chi connectivity index (χ0v) is 2.94. The molecule has 0 aliphatic heterocycles. The van der Waals surface area contributed by atoms with Crippen molar-refractivity contribution >= 4 is 0 Å². The predicted octanol–water partition coefficient (Wildman–Crippen LogP) is -1.65. The minimum atomic E-state index is -1.25.